The van der Waals surface area contributed by atoms with Gasteiger partial charge in [-0.3, -0.25) is 0 Å². The van der Waals surface area contributed by atoms with Crippen molar-refractivity contribution in [2.45, 2.75) is 6.61 Å². The van der Waals surface area contributed by atoms with Crippen LogP contribution < -0.4 is 4.74 Å². The number of fused-ring (bicyclic) bond motifs is 1. The van der Waals surface area contributed by atoms with Gasteiger partial charge in [0.05, 0.1) is 12.6 Å². The number of carbonyl (C=O) groups is 1. The molecule has 0 aliphatic rings. The number of esters is 1. The molecule has 0 spiro atoms. The Morgan fingerprint density at radius 3 is 2.63 bits per heavy atom. The number of methoxy groups -OCH3 is 1. The summed E-state index contributed by atoms with van der Waals surface area (Å²) in [7, 11) is 1.60. The molecule has 0 saturated carbocycles. The Balaban J connectivity index is 1.43. The van der Waals surface area contributed by atoms with Crippen LogP contribution in [0.1, 0.15) is 16.4 Å². The van der Waals surface area contributed by atoms with Gasteiger partial charge in [-0.2, -0.15) is 4.98 Å². The molecular weight excluding hydrogens is 346 g/mol. The van der Waals surface area contributed by atoms with Gasteiger partial charge in [-0.25, -0.2) is 9.78 Å². The van der Waals surface area contributed by atoms with Crippen molar-refractivity contribution >= 4 is 16.9 Å². The highest BCUT2D eigenvalue weighted by molar-refractivity contribution is 5.90. The Morgan fingerprint density at radius 1 is 1.00 bits per heavy atom. The van der Waals surface area contributed by atoms with Crippen molar-refractivity contribution in [3.05, 3.63) is 72.2 Å². The van der Waals surface area contributed by atoms with E-state index in [2.05, 4.69) is 15.1 Å². The minimum atomic E-state index is -0.551. The summed E-state index contributed by atoms with van der Waals surface area (Å²) >= 11 is 0. The number of aromatic nitrogens is 3. The summed E-state index contributed by atoms with van der Waals surface area (Å²) in [6.07, 6.45) is 0. The van der Waals surface area contributed by atoms with E-state index in [1.807, 2.05) is 42.5 Å². The molecule has 0 aliphatic heterocycles. The number of para-hydroxylation sites is 1. The zero-order chi connectivity index (χ0) is 18.6. The van der Waals surface area contributed by atoms with Gasteiger partial charge in [0.15, 0.2) is 6.61 Å². The van der Waals surface area contributed by atoms with Crippen LogP contribution in [0.4, 0.5) is 0 Å². The molecule has 0 unspecified atom stereocenters. The summed E-state index contributed by atoms with van der Waals surface area (Å²) in [5, 5.41) is 4.85. The molecule has 2 heterocycles. The highest BCUT2D eigenvalue weighted by Gasteiger charge is 2.14. The van der Waals surface area contributed by atoms with Gasteiger partial charge >= 0.3 is 5.97 Å². The van der Waals surface area contributed by atoms with E-state index in [4.69, 9.17) is 14.0 Å². The molecule has 0 amide bonds. The predicted molar refractivity (Wildman–Crippen MR) is 97.1 cm³/mol. The largest absolute Gasteiger partial charge is 0.497 e. The molecule has 0 saturated heterocycles. The van der Waals surface area contributed by atoms with Crippen molar-refractivity contribution in [1.82, 2.24) is 15.1 Å². The van der Waals surface area contributed by atoms with Crippen LogP contribution in [-0.2, 0) is 11.3 Å². The second-order valence-corrected chi connectivity index (χ2v) is 5.71. The fourth-order valence-electron chi connectivity index (χ4n) is 2.55. The highest BCUT2D eigenvalue weighted by atomic mass is 16.6. The van der Waals surface area contributed by atoms with Gasteiger partial charge in [-0.05, 0) is 36.4 Å². The van der Waals surface area contributed by atoms with Gasteiger partial charge in [-0.1, -0.05) is 29.4 Å². The SMILES string of the molecule is COc1ccc(-c2noc(COC(=O)c3ccc4ccccc4n3)n2)cc1. The van der Waals surface area contributed by atoms with Crippen LogP contribution in [0.2, 0.25) is 0 Å². The second-order valence-electron chi connectivity index (χ2n) is 5.71. The van der Waals surface area contributed by atoms with Gasteiger partial charge in [0.2, 0.25) is 5.82 Å². The van der Waals surface area contributed by atoms with Crippen LogP contribution >= 0.6 is 0 Å². The maximum atomic E-state index is 12.2. The van der Waals surface area contributed by atoms with Gasteiger partial charge in [-0.15, -0.1) is 0 Å². The average Bonchev–Trinajstić information content (AvgIpc) is 3.21. The van der Waals surface area contributed by atoms with E-state index in [9.17, 15) is 4.79 Å². The van der Waals surface area contributed by atoms with Crippen molar-refractivity contribution in [2.75, 3.05) is 7.11 Å². The van der Waals surface area contributed by atoms with Crippen molar-refractivity contribution in [3.63, 3.8) is 0 Å². The van der Waals surface area contributed by atoms with Crippen molar-refractivity contribution in [1.29, 1.82) is 0 Å². The molecule has 0 fully saturated rings. The van der Waals surface area contributed by atoms with E-state index in [-0.39, 0.29) is 18.2 Å². The van der Waals surface area contributed by atoms with E-state index in [0.717, 1.165) is 22.2 Å². The van der Waals surface area contributed by atoms with Gasteiger partial charge < -0.3 is 14.0 Å². The van der Waals surface area contributed by atoms with E-state index in [1.54, 1.807) is 25.3 Å². The lowest BCUT2D eigenvalue weighted by molar-refractivity contribution is 0.0423. The number of hydrogen-bond acceptors (Lipinski definition) is 7. The predicted octanol–water partition coefficient (Wildman–Crippen LogP) is 3.65. The highest BCUT2D eigenvalue weighted by Crippen LogP contribution is 2.20. The zero-order valence-electron chi connectivity index (χ0n) is 14.5. The zero-order valence-corrected chi connectivity index (χ0v) is 14.5. The summed E-state index contributed by atoms with van der Waals surface area (Å²) in [5.41, 5.74) is 1.73. The Hall–Kier alpha value is -3.74. The first-order chi connectivity index (χ1) is 13.2. The molecule has 4 aromatic rings. The number of ether oxygens (including phenoxy) is 2. The van der Waals surface area contributed by atoms with Crippen LogP contribution in [0.25, 0.3) is 22.3 Å². The Bertz CT molecular complexity index is 1090. The number of nitrogens with zero attached hydrogens (tertiary/aromatic N) is 3. The van der Waals surface area contributed by atoms with Gasteiger partial charge in [0.1, 0.15) is 11.4 Å². The first kappa shape index (κ1) is 16.7. The molecule has 27 heavy (non-hydrogen) atoms. The molecule has 7 nitrogen and oxygen atoms in total. The molecule has 7 heteroatoms. The summed E-state index contributed by atoms with van der Waals surface area (Å²) in [5.74, 6) is 0.798. The minimum Gasteiger partial charge on any atom is -0.497 e. The number of pyridine rings is 1. The molecule has 0 N–H and O–H groups in total. The van der Waals surface area contributed by atoms with E-state index in [0.29, 0.717) is 5.82 Å². The third kappa shape index (κ3) is 3.62. The summed E-state index contributed by atoms with van der Waals surface area (Å²) in [4.78, 5) is 20.8. The monoisotopic (exact) mass is 361 g/mol. The third-order valence-electron chi connectivity index (χ3n) is 3.95. The minimum absolute atomic E-state index is 0.128. The number of hydrogen-bond donors (Lipinski definition) is 0. The molecule has 0 radical (unpaired) electrons. The first-order valence-corrected chi connectivity index (χ1v) is 8.23. The van der Waals surface area contributed by atoms with Crippen molar-refractivity contribution < 1.29 is 18.8 Å². The number of rotatable bonds is 5. The lowest BCUT2D eigenvalue weighted by Gasteiger charge is -2.03. The molecule has 134 valence electrons. The van der Waals surface area contributed by atoms with E-state index >= 15 is 0 Å². The van der Waals surface area contributed by atoms with Crippen LogP contribution in [0.15, 0.2) is 65.2 Å². The lowest BCUT2D eigenvalue weighted by Crippen LogP contribution is -2.07. The molecule has 2 aromatic carbocycles. The molecular formula is C20H15N3O4. The number of benzene rings is 2. The molecule has 4 rings (SSSR count). The quantitative estimate of drug-likeness (QED) is 0.501. The van der Waals surface area contributed by atoms with Crippen LogP contribution in [-0.4, -0.2) is 28.2 Å². The fourth-order valence-corrected chi connectivity index (χ4v) is 2.55. The van der Waals surface area contributed by atoms with E-state index in [1.165, 1.54) is 0 Å². The standard InChI is InChI=1S/C20H15N3O4/c1-25-15-9-6-14(7-10-15)19-22-18(27-23-19)12-26-20(24)17-11-8-13-4-2-3-5-16(13)21-17/h2-11H,12H2,1H3. The second kappa shape index (κ2) is 7.25. The smallest absolute Gasteiger partial charge is 0.357 e. The summed E-state index contributed by atoms with van der Waals surface area (Å²) in [6.45, 7) is -0.128. The number of carbonyl (C=O) groups excluding carboxylic acids is 1. The summed E-state index contributed by atoms with van der Waals surface area (Å²) in [6, 6.07) is 18.2. The third-order valence-corrected chi connectivity index (χ3v) is 3.95. The molecule has 2 aromatic heterocycles. The maximum absolute atomic E-state index is 12.2. The Labute approximate surface area is 154 Å². The maximum Gasteiger partial charge on any atom is 0.357 e. The molecule has 0 aliphatic carbocycles. The van der Waals surface area contributed by atoms with Crippen molar-refractivity contribution in [2.24, 2.45) is 0 Å². The van der Waals surface area contributed by atoms with Gasteiger partial charge in [0, 0.05) is 10.9 Å². The summed E-state index contributed by atoms with van der Waals surface area (Å²) < 4.78 is 15.5. The van der Waals surface area contributed by atoms with Crippen LogP contribution in [0, 0.1) is 0 Å². The Kier molecular flexibility index (Phi) is 4.49. The first-order valence-electron chi connectivity index (χ1n) is 8.23. The average molecular weight is 361 g/mol. The Morgan fingerprint density at radius 2 is 1.81 bits per heavy atom. The van der Waals surface area contributed by atoms with Crippen LogP contribution in [0.3, 0.4) is 0 Å². The lowest BCUT2D eigenvalue weighted by atomic mass is 10.2. The van der Waals surface area contributed by atoms with Gasteiger partial charge in [0.25, 0.3) is 5.89 Å². The van der Waals surface area contributed by atoms with Crippen LogP contribution in [0.5, 0.6) is 5.75 Å². The fraction of sp³-hybridized carbons (Fsp3) is 0.100. The van der Waals surface area contributed by atoms with Crippen molar-refractivity contribution in [3.8, 4) is 17.1 Å². The molecule has 0 atom stereocenters. The normalized spacial score (nSPS) is 10.7. The molecule has 0 bridgehead atoms. The van der Waals surface area contributed by atoms with E-state index < -0.39 is 5.97 Å². The topological polar surface area (TPSA) is 87.3 Å².